The van der Waals surface area contributed by atoms with Crippen LogP contribution in [0.2, 0.25) is 0 Å². The molecule has 1 aliphatic heterocycles. The van der Waals surface area contributed by atoms with Crippen molar-refractivity contribution in [3.05, 3.63) is 0 Å². The molecular weight excluding hydrogens is 276 g/mol. The van der Waals surface area contributed by atoms with Crippen molar-refractivity contribution in [3.63, 3.8) is 0 Å². The fraction of sp³-hybridized carbons (Fsp3) is 1.00. The van der Waals surface area contributed by atoms with E-state index < -0.39 is 20.0 Å². The third-order valence-electron chi connectivity index (χ3n) is 2.97. The number of piperidine rings is 1. The van der Waals surface area contributed by atoms with Crippen LogP contribution in [0.3, 0.4) is 0 Å². The monoisotopic (exact) mass is 298 g/mol. The second kappa shape index (κ2) is 6.31. The SMILES string of the molecule is CCCS(=O)(=O)N1CCCCC1CNS(C)(=O)=O. The molecule has 1 aliphatic rings. The van der Waals surface area contributed by atoms with Gasteiger partial charge < -0.3 is 0 Å². The number of hydrogen-bond acceptors (Lipinski definition) is 4. The van der Waals surface area contributed by atoms with Crippen molar-refractivity contribution in [3.8, 4) is 0 Å². The predicted octanol–water partition coefficient (Wildman–Crippen LogP) is 0.130. The number of nitrogens with one attached hydrogen (secondary N) is 1. The lowest BCUT2D eigenvalue weighted by molar-refractivity contribution is 0.253. The standard InChI is InChI=1S/C10H22N2O4S2/c1-3-8-18(15,16)12-7-5-4-6-10(12)9-11-17(2,13)14/h10-11H,3-9H2,1-2H3. The van der Waals surface area contributed by atoms with Gasteiger partial charge in [0.25, 0.3) is 0 Å². The van der Waals surface area contributed by atoms with E-state index in [0.717, 1.165) is 19.1 Å². The lowest BCUT2D eigenvalue weighted by Gasteiger charge is -2.34. The third kappa shape index (κ3) is 4.83. The maximum absolute atomic E-state index is 12.1. The smallest absolute Gasteiger partial charge is 0.214 e. The van der Waals surface area contributed by atoms with E-state index in [4.69, 9.17) is 0 Å². The highest BCUT2D eigenvalue weighted by Crippen LogP contribution is 2.20. The van der Waals surface area contributed by atoms with Gasteiger partial charge in [-0.05, 0) is 19.3 Å². The molecule has 0 radical (unpaired) electrons. The Bertz CT molecular complexity index is 458. The number of hydrogen-bond donors (Lipinski definition) is 1. The number of nitrogens with zero attached hydrogens (tertiary/aromatic N) is 1. The summed E-state index contributed by atoms with van der Waals surface area (Å²) in [6.07, 6.45) is 4.16. The van der Waals surface area contributed by atoms with E-state index in [1.165, 1.54) is 4.31 Å². The van der Waals surface area contributed by atoms with Crippen LogP contribution in [0.5, 0.6) is 0 Å². The fourth-order valence-electron chi connectivity index (χ4n) is 2.17. The van der Waals surface area contributed by atoms with Gasteiger partial charge in [-0.15, -0.1) is 0 Å². The second-order valence-corrected chi connectivity index (χ2v) is 8.57. The van der Waals surface area contributed by atoms with Crippen LogP contribution in [0, 0.1) is 0 Å². The summed E-state index contributed by atoms with van der Waals surface area (Å²) in [4.78, 5) is 0. The van der Waals surface area contributed by atoms with Crippen LogP contribution in [0.1, 0.15) is 32.6 Å². The molecule has 108 valence electrons. The largest absolute Gasteiger partial charge is 0.214 e. The van der Waals surface area contributed by atoms with E-state index in [0.29, 0.717) is 19.4 Å². The molecule has 0 amide bonds. The van der Waals surface area contributed by atoms with E-state index in [-0.39, 0.29) is 18.3 Å². The van der Waals surface area contributed by atoms with Crippen molar-refractivity contribution in [1.82, 2.24) is 9.03 Å². The highest BCUT2D eigenvalue weighted by molar-refractivity contribution is 7.89. The Labute approximate surface area is 110 Å². The molecule has 1 rings (SSSR count). The van der Waals surface area contributed by atoms with Gasteiger partial charge in [-0.1, -0.05) is 13.3 Å². The van der Waals surface area contributed by atoms with E-state index in [1.807, 2.05) is 6.92 Å². The zero-order valence-electron chi connectivity index (χ0n) is 10.9. The summed E-state index contributed by atoms with van der Waals surface area (Å²) in [5, 5.41) is 0. The van der Waals surface area contributed by atoms with E-state index in [2.05, 4.69) is 4.72 Å². The predicted molar refractivity (Wildman–Crippen MR) is 71.3 cm³/mol. The minimum absolute atomic E-state index is 0.127. The van der Waals surface area contributed by atoms with Crippen molar-refractivity contribution in [2.75, 3.05) is 25.1 Å². The summed E-state index contributed by atoms with van der Waals surface area (Å²) in [5.41, 5.74) is 0. The molecule has 1 heterocycles. The van der Waals surface area contributed by atoms with Gasteiger partial charge in [0.1, 0.15) is 0 Å². The van der Waals surface area contributed by atoms with Gasteiger partial charge in [-0.2, -0.15) is 4.31 Å². The molecule has 1 unspecified atom stereocenters. The molecule has 0 aromatic carbocycles. The molecule has 18 heavy (non-hydrogen) atoms. The molecule has 0 bridgehead atoms. The fourth-order valence-corrected chi connectivity index (χ4v) is 4.45. The minimum Gasteiger partial charge on any atom is -0.214 e. The van der Waals surface area contributed by atoms with Gasteiger partial charge in [-0.25, -0.2) is 21.6 Å². The van der Waals surface area contributed by atoms with Crippen LogP contribution in [0.4, 0.5) is 0 Å². The molecule has 1 N–H and O–H groups in total. The summed E-state index contributed by atoms with van der Waals surface area (Å²) < 4.78 is 50.2. The van der Waals surface area contributed by atoms with Crippen molar-refractivity contribution in [2.24, 2.45) is 0 Å². The van der Waals surface area contributed by atoms with E-state index in [1.54, 1.807) is 0 Å². The first-order chi connectivity index (χ1) is 8.26. The van der Waals surface area contributed by atoms with Gasteiger partial charge in [0, 0.05) is 19.1 Å². The lowest BCUT2D eigenvalue weighted by atomic mass is 10.1. The van der Waals surface area contributed by atoms with Crippen LogP contribution in [0.15, 0.2) is 0 Å². The zero-order valence-corrected chi connectivity index (χ0v) is 12.6. The first-order valence-corrected chi connectivity index (χ1v) is 9.70. The zero-order chi connectivity index (χ0) is 13.8. The Hall–Kier alpha value is -0.180. The van der Waals surface area contributed by atoms with Crippen molar-refractivity contribution in [1.29, 1.82) is 0 Å². The maximum atomic E-state index is 12.1. The lowest BCUT2D eigenvalue weighted by Crippen LogP contribution is -2.49. The van der Waals surface area contributed by atoms with Crippen LogP contribution in [0.25, 0.3) is 0 Å². The molecule has 0 spiro atoms. The van der Waals surface area contributed by atoms with Gasteiger partial charge in [0.2, 0.25) is 20.0 Å². The van der Waals surface area contributed by atoms with Crippen molar-refractivity contribution < 1.29 is 16.8 Å². The molecule has 0 saturated carbocycles. The van der Waals surface area contributed by atoms with Gasteiger partial charge in [0.15, 0.2) is 0 Å². The average Bonchev–Trinajstić information content (AvgIpc) is 2.26. The first kappa shape index (κ1) is 15.9. The Morgan fingerprint density at radius 3 is 2.44 bits per heavy atom. The molecule has 0 aromatic heterocycles. The Balaban J connectivity index is 2.74. The number of rotatable bonds is 6. The highest BCUT2D eigenvalue weighted by atomic mass is 32.2. The summed E-state index contributed by atoms with van der Waals surface area (Å²) in [6, 6.07) is -0.245. The van der Waals surface area contributed by atoms with Crippen LogP contribution in [-0.2, 0) is 20.0 Å². The molecule has 6 nitrogen and oxygen atoms in total. The molecule has 0 aromatic rings. The third-order valence-corrected chi connectivity index (χ3v) is 5.78. The Kier molecular flexibility index (Phi) is 5.57. The van der Waals surface area contributed by atoms with Crippen LogP contribution >= 0.6 is 0 Å². The number of sulfonamides is 2. The van der Waals surface area contributed by atoms with Crippen LogP contribution in [-0.4, -0.2) is 52.3 Å². The average molecular weight is 298 g/mol. The van der Waals surface area contributed by atoms with Crippen molar-refractivity contribution >= 4 is 20.0 Å². The van der Waals surface area contributed by atoms with Crippen LogP contribution < -0.4 is 4.72 Å². The molecule has 1 fully saturated rings. The normalized spacial score (nSPS) is 23.1. The quantitative estimate of drug-likeness (QED) is 0.755. The first-order valence-electron chi connectivity index (χ1n) is 6.20. The molecular formula is C10H22N2O4S2. The molecule has 1 saturated heterocycles. The Morgan fingerprint density at radius 1 is 1.22 bits per heavy atom. The molecule has 8 heteroatoms. The summed E-state index contributed by atoms with van der Waals surface area (Å²) in [5.74, 6) is 0.127. The maximum Gasteiger partial charge on any atom is 0.214 e. The highest BCUT2D eigenvalue weighted by Gasteiger charge is 2.31. The molecule has 0 aliphatic carbocycles. The summed E-state index contributed by atoms with van der Waals surface area (Å²) in [7, 11) is -6.53. The minimum atomic E-state index is -3.28. The van der Waals surface area contributed by atoms with Crippen molar-refractivity contribution in [2.45, 2.75) is 38.6 Å². The van der Waals surface area contributed by atoms with Gasteiger partial charge in [-0.3, -0.25) is 0 Å². The topological polar surface area (TPSA) is 83.6 Å². The molecule has 1 atom stereocenters. The van der Waals surface area contributed by atoms with Gasteiger partial charge in [0.05, 0.1) is 12.0 Å². The Morgan fingerprint density at radius 2 is 1.89 bits per heavy atom. The van der Waals surface area contributed by atoms with E-state index in [9.17, 15) is 16.8 Å². The second-order valence-electron chi connectivity index (χ2n) is 4.70. The summed E-state index contributed by atoms with van der Waals surface area (Å²) >= 11 is 0. The van der Waals surface area contributed by atoms with Gasteiger partial charge >= 0.3 is 0 Å². The van der Waals surface area contributed by atoms with E-state index >= 15 is 0 Å². The summed E-state index contributed by atoms with van der Waals surface area (Å²) in [6.45, 7) is 2.49.